The molecule has 0 aliphatic carbocycles. The van der Waals surface area contributed by atoms with Gasteiger partial charge in [0.15, 0.2) is 0 Å². The first-order valence-electron chi connectivity index (χ1n) is 6.87. The third-order valence-electron chi connectivity index (χ3n) is 2.81. The van der Waals surface area contributed by atoms with Crippen molar-refractivity contribution in [3.63, 3.8) is 0 Å². The van der Waals surface area contributed by atoms with Crippen molar-refractivity contribution in [1.82, 2.24) is 4.72 Å². The van der Waals surface area contributed by atoms with Crippen LogP contribution in [0.2, 0.25) is 0 Å². The monoisotopic (exact) mass is 349 g/mol. The minimum Gasteiger partial charge on any atom is -0.324 e. The zero-order chi connectivity index (χ0) is 16.1. The maximum absolute atomic E-state index is 12.1. The van der Waals surface area contributed by atoms with Gasteiger partial charge in [-0.25, -0.2) is 13.1 Å². The number of anilines is 1. The van der Waals surface area contributed by atoms with E-state index in [2.05, 4.69) is 10.0 Å². The molecule has 0 radical (unpaired) electrons. The van der Waals surface area contributed by atoms with Crippen LogP contribution in [0, 0.1) is 0 Å². The van der Waals surface area contributed by atoms with E-state index < -0.39 is 15.6 Å². The number of carbonyl (C=O) groups excluding carboxylic acids is 1. The average molecular weight is 350 g/mol. The molecule has 6 nitrogen and oxygen atoms in total. The first-order chi connectivity index (χ1) is 9.66. The van der Waals surface area contributed by atoms with E-state index in [4.69, 9.17) is 5.73 Å². The summed E-state index contributed by atoms with van der Waals surface area (Å²) in [7, 11) is -3.56. The number of benzene rings is 1. The molecule has 0 bridgehead atoms. The summed E-state index contributed by atoms with van der Waals surface area (Å²) in [4.78, 5) is 11.9. The number of carbonyl (C=O) groups is 1. The van der Waals surface area contributed by atoms with Gasteiger partial charge in [-0.05, 0) is 38.5 Å². The molecule has 4 N–H and O–H groups in total. The Hall–Kier alpha value is -1.15. The summed E-state index contributed by atoms with van der Waals surface area (Å²) in [6.07, 6.45) is 1.68. The average Bonchev–Trinajstić information content (AvgIpc) is 2.38. The van der Waals surface area contributed by atoms with E-state index >= 15 is 0 Å². The number of hydrogen-bond acceptors (Lipinski definition) is 4. The minimum absolute atomic E-state index is 0. The van der Waals surface area contributed by atoms with E-state index in [0.29, 0.717) is 12.2 Å². The maximum atomic E-state index is 12.1. The number of rotatable bonds is 7. The van der Waals surface area contributed by atoms with E-state index in [1.165, 1.54) is 12.1 Å². The summed E-state index contributed by atoms with van der Waals surface area (Å²) >= 11 is 0. The van der Waals surface area contributed by atoms with Gasteiger partial charge in [-0.15, -0.1) is 12.4 Å². The molecule has 1 aromatic rings. The van der Waals surface area contributed by atoms with E-state index in [0.717, 1.165) is 12.8 Å². The quantitative estimate of drug-likeness (QED) is 0.654. The van der Waals surface area contributed by atoms with Crippen molar-refractivity contribution >= 4 is 34.0 Å². The highest BCUT2D eigenvalue weighted by atomic mass is 35.5. The molecule has 8 heteroatoms. The molecule has 0 aliphatic rings. The maximum Gasteiger partial charge on any atom is 0.243 e. The second kappa shape index (κ2) is 8.47. The molecule has 0 saturated carbocycles. The topological polar surface area (TPSA) is 101 Å². The first kappa shape index (κ1) is 20.9. The van der Waals surface area contributed by atoms with Crippen LogP contribution in [0.4, 0.5) is 5.69 Å². The van der Waals surface area contributed by atoms with Gasteiger partial charge < -0.3 is 11.1 Å². The van der Waals surface area contributed by atoms with Crippen molar-refractivity contribution in [3.05, 3.63) is 24.3 Å². The predicted molar refractivity (Wildman–Crippen MR) is 90.7 cm³/mol. The summed E-state index contributed by atoms with van der Waals surface area (Å²) in [5, 5.41) is 2.61. The SMILES string of the molecule is CCCCNS(=O)(=O)c1cccc(NC(=O)C(C)(C)N)c1.Cl. The smallest absolute Gasteiger partial charge is 0.243 e. The zero-order valence-electron chi connectivity index (χ0n) is 13.0. The fourth-order valence-corrected chi connectivity index (χ4v) is 2.62. The van der Waals surface area contributed by atoms with Crippen molar-refractivity contribution in [2.24, 2.45) is 5.73 Å². The van der Waals surface area contributed by atoms with Crippen LogP contribution in [0.15, 0.2) is 29.2 Å². The molecule has 0 spiro atoms. The largest absolute Gasteiger partial charge is 0.324 e. The Balaban J connectivity index is 0.00000441. The number of hydrogen-bond donors (Lipinski definition) is 3. The Morgan fingerprint density at radius 3 is 2.50 bits per heavy atom. The van der Waals surface area contributed by atoms with Gasteiger partial charge in [-0.2, -0.15) is 0 Å². The Labute approximate surface area is 138 Å². The van der Waals surface area contributed by atoms with Crippen molar-refractivity contribution in [3.8, 4) is 0 Å². The highest BCUT2D eigenvalue weighted by molar-refractivity contribution is 7.89. The Morgan fingerprint density at radius 1 is 1.32 bits per heavy atom. The lowest BCUT2D eigenvalue weighted by Gasteiger charge is -2.18. The van der Waals surface area contributed by atoms with Gasteiger partial charge in [0.25, 0.3) is 0 Å². The first-order valence-corrected chi connectivity index (χ1v) is 8.35. The second-order valence-electron chi connectivity index (χ2n) is 5.45. The van der Waals surface area contributed by atoms with Crippen LogP contribution in [0.1, 0.15) is 33.6 Å². The minimum atomic E-state index is -3.56. The van der Waals surface area contributed by atoms with Crippen LogP contribution in [-0.2, 0) is 14.8 Å². The fourth-order valence-electron chi connectivity index (χ4n) is 1.50. The summed E-state index contributed by atoms with van der Waals surface area (Å²) in [6, 6.07) is 6.09. The van der Waals surface area contributed by atoms with Crippen molar-refractivity contribution in [1.29, 1.82) is 0 Å². The number of unbranched alkanes of at least 4 members (excludes halogenated alkanes) is 1. The molecule has 126 valence electrons. The van der Waals surface area contributed by atoms with Gasteiger partial charge in [0, 0.05) is 12.2 Å². The zero-order valence-corrected chi connectivity index (χ0v) is 14.7. The number of halogens is 1. The molecule has 1 aromatic carbocycles. The molecular formula is C14H24ClN3O3S. The fraction of sp³-hybridized carbons (Fsp3) is 0.500. The summed E-state index contributed by atoms with van der Waals surface area (Å²) in [6.45, 7) is 5.54. The van der Waals surface area contributed by atoms with Crippen LogP contribution in [0.5, 0.6) is 0 Å². The highest BCUT2D eigenvalue weighted by Gasteiger charge is 2.22. The van der Waals surface area contributed by atoms with Gasteiger partial charge in [0.2, 0.25) is 15.9 Å². The van der Waals surface area contributed by atoms with E-state index in [9.17, 15) is 13.2 Å². The van der Waals surface area contributed by atoms with Gasteiger partial charge in [-0.3, -0.25) is 4.79 Å². The van der Waals surface area contributed by atoms with Gasteiger partial charge in [0.1, 0.15) is 0 Å². The van der Waals surface area contributed by atoms with E-state index in [1.54, 1.807) is 26.0 Å². The Kier molecular flexibility index (Phi) is 8.03. The summed E-state index contributed by atoms with van der Waals surface area (Å²) in [5.74, 6) is -0.379. The van der Waals surface area contributed by atoms with E-state index in [-0.39, 0.29) is 23.2 Å². The van der Waals surface area contributed by atoms with Crippen LogP contribution in [0.3, 0.4) is 0 Å². The van der Waals surface area contributed by atoms with Crippen molar-refractivity contribution in [2.75, 3.05) is 11.9 Å². The molecular weight excluding hydrogens is 326 g/mol. The number of sulfonamides is 1. The van der Waals surface area contributed by atoms with Gasteiger partial charge >= 0.3 is 0 Å². The highest BCUT2D eigenvalue weighted by Crippen LogP contribution is 2.16. The lowest BCUT2D eigenvalue weighted by molar-refractivity contribution is -0.120. The summed E-state index contributed by atoms with van der Waals surface area (Å²) in [5.41, 5.74) is 5.06. The van der Waals surface area contributed by atoms with Crippen molar-refractivity contribution < 1.29 is 13.2 Å². The predicted octanol–water partition coefficient (Wildman–Crippen LogP) is 1.86. The summed E-state index contributed by atoms with van der Waals surface area (Å²) < 4.78 is 26.7. The Bertz CT molecular complexity index is 598. The lowest BCUT2D eigenvalue weighted by Crippen LogP contribution is -2.45. The van der Waals surface area contributed by atoms with Crippen LogP contribution >= 0.6 is 12.4 Å². The molecule has 0 aromatic heterocycles. The lowest BCUT2D eigenvalue weighted by atomic mass is 10.1. The Morgan fingerprint density at radius 2 is 1.95 bits per heavy atom. The molecule has 0 fully saturated rings. The third-order valence-corrected chi connectivity index (χ3v) is 4.27. The number of nitrogens with one attached hydrogen (secondary N) is 2. The molecule has 0 unspecified atom stereocenters. The van der Waals surface area contributed by atoms with Crippen molar-refractivity contribution in [2.45, 2.75) is 44.0 Å². The van der Waals surface area contributed by atoms with Gasteiger partial charge in [-0.1, -0.05) is 19.4 Å². The number of amides is 1. The third kappa shape index (κ3) is 6.31. The van der Waals surface area contributed by atoms with Gasteiger partial charge in [0.05, 0.1) is 10.4 Å². The molecule has 22 heavy (non-hydrogen) atoms. The van der Waals surface area contributed by atoms with Crippen LogP contribution in [-0.4, -0.2) is 26.4 Å². The van der Waals surface area contributed by atoms with E-state index in [1.807, 2.05) is 6.92 Å². The normalized spacial score (nSPS) is 11.6. The molecule has 0 heterocycles. The van der Waals surface area contributed by atoms with Crippen LogP contribution < -0.4 is 15.8 Å². The number of nitrogens with two attached hydrogens (primary N) is 1. The standard InChI is InChI=1S/C14H23N3O3S.ClH/c1-4-5-9-16-21(19,20)12-8-6-7-11(10-12)17-13(18)14(2,3)15;/h6-8,10,16H,4-5,9,15H2,1-3H3,(H,17,18);1H. The molecule has 1 amide bonds. The molecule has 0 saturated heterocycles. The van der Waals surface area contributed by atoms with Crippen LogP contribution in [0.25, 0.3) is 0 Å². The molecule has 1 rings (SSSR count). The second-order valence-corrected chi connectivity index (χ2v) is 7.22. The molecule has 0 aliphatic heterocycles. The molecule has 0 atom stereocenters.